The predicted octanol–water partition coefficient (Wildman–Crippen LogP) is 6.20. The highest BCUT2D eigenvalue weighted by molar-refractivity contribution is 5.97. The van der Waals surface area contributed by atoms with E-state index in [9.17, 15) is 29.1 Å². The third kappa shape index (κ3) is 9.47. The van der Waals surface area contributed by atoms with E-state index in [4.69, 9.17) is 9.47 Å². The zero-order valence-corrected chi connectivity index (χ0v) is 39.9. The second kappa shape index (κ2) is 19.3. The van der Waals surface area contributed by atoms with Crippen LogP contribution in [0.25, 0.3) is 33.3 Å². The van der Waals surface area contributed by atoms with Crippen molar-refractivity contribution in [2.75, 3.05) is 46.5 Å². The SMILES string of the molecule is C=CC(=O)N1CC[C@@]2(CCN([C@H](C(=O)N[C@H]3Cc4cc(O)cc(c4)-c4ccc5c(c4)c(c(-c4ccccc4CCOC)n5CC)CC(C)(C)COC(=O)[C@@H]4CCCN(N4)C3=O)C(C)C)C2=O)C1. The molecule has 3 N–H and O–H groups in total. The van der Waals surface area contributed by atoms with Crippen LogP contribution in [0.5, 0.6) is 5.75 Å². The average Bonchev–Trinajstić information content (AvgIpc) is 3.98. The second-order valence-corrected chi connectivity index (χ2v) is 20.1. The predicted molar refractivity (Wildman–Crippen MR) is 256 cm³/mol. The zero-order chi connectivity index (χ0) is 47.8. The van der Waals surface area contributed by atoms with Crippen LogP contribution in [-0.4, -0.2) is 119 Å². The largest absolute Gasteiger partial charge is 0.508 e. The van der Waals surface area contributed by atoms with Gasteiger partial charge < -0.3 is 34.3 Å². The van der Waals surface area contributed by atoms with E-state index in [1.807, 2.05) is 19.9 Å². The minimum absolute atomic E-state index is 0.00670. The number of cyclic esters (lactones) is 1. The maximum absolute atomic E-state index is 14.8. The quantitative estimate of drug-likeness (QED) is 0.124. The summed E-state index contributed by atoms with van der Waals surface area (Å²) in [7, 11) is 1.71. The molecule has 3 aromatic carbocycles. The van der Waals surface area contributed by atoms with Crippen LogP contribution in [-0.2, 0) is 59.3 Å². The normalized spacial score (nSPS) is 22.6. The molecule has 1 spiro atoms. The summed E-state index contributed by atoms with van der Waals surface area (Å²) in [6, 6.07) is 17.2. The van der Waals surface area contributed by atoms with Gasteiger partial charge in [0.05, 0.1) is 24.3 Å². The Labute approximate surface area is 393 Å². The second-order valence-electron chi connectivity index (χ2n) is 20.1. The number of hydrazine groups is 1. The molecule has 4 aromatic rings. The molecule has 1 aromatic heterocycles. The van der Waals surface area contributed by atoms with Gasteiger partial charge >= 0.3 is 5.97 Å². The number of ether oxygens (including phenoxy) is 2. The van der Waals surface area contributed by atoms with E-state index in [2.05, 4.69) is 85.1 Å². The number of benzene rings is 3. The average molecular weight is 915 g/mol. The minimum atomic E-state index is -1.14. The fraction of sp³-hybridized carbons (Fsp3) is 0.491. The number of amides is 4. The molecule has 8 rings (SSSR count). The molecule has 0 unspecified atom stereocenters. The Kier molecular flexibility index (Phi) is 13.7. The van der Waals surface area contributed by atoms with Crippen LogP contribution in [0.15, 0.2) is 73.3 Å². The first-order valence-corrected chi connectivity index (χ1v) is 23.9. The van der Waals surface area contributed by atoms with Gasteiger partial charge in [-0.3, -0.25) is 29.0 Å². The lowest BCUT2D eigenvalue weighted by Crippen LogP contribution is -2.62. The number of aromatic nitrogens is 1. The van der Waals surface area contributed by atoms with Crippen molar-refractivity contribution < 1.29 is 38.6 Å². The lowest BCUT2D eigenvalue weighted by molar-refractivity contribution is -0.155. The molecule has 4 aliphatic heterocycles. The third-order valence-electron chi connectivity index (χ3n) is 14.3. The van der Waals surface area contributed by atoms with Crippen molar-refractivity contribution in [1.82, 2.24) is 30.1 Å². The Morgan fingerprint density at radius 3 is 2.55 bits per heavy atom. The molecular formula is C53H66N6O8. The van der Waals surface area contributed by atoms with Gasteiger partial charge in [-0.25, -0.2) is 5.43 Å². The standard InChI is InChI=1S/C53H66N6O8/c1-8-45(61)56-22-19-53(31-56)20-23-58(51(53)65)46(33(3)4)48(62)54-43-27-34-25-37(28-38(60)26-34)36-16-17-44-40(29-36)41(47(57(44)9-2)39-14-11-10-13-35(39)18-24-66-7)30-52(5,6)32-67-50(64)42-15-12-21-59(55-42)49(43)63/h8,10-11,13-14,16-17,25-26,28-29,33,42-43,46,55,60H,1,9,12,15,18-24,27,30-32H2,2-7H3,(H,54,62)/t42-,43-,46-,53+/m0/s1. The fourth-order valence-corrected chi connectivity index (χ4v) is 10.9. The van der Waals surface area contributed by atoms with E-state index in [1.54, 1.807) is 29.0 Å². The van der Waals surface area contributed by atoms with E-state index < -0.39 is 46.7 Å². The summed E-state index contributed by atoms with van der Waals surface area (Å²) in [6.45, 7) is 16.5. The van der Waals surface area contributed by atoms with Crippen molar-refractivity contribution in [3.8, 4) is 28.1 Å². The van der Waals surface area contributed by atoms with Gasteiger partial charge in [0.15, 0.2) is 0 Å². The first kappa shape index (κ1) is 47.5. The van der Waals surface area contributed by atoms with Crippen molar-refractivity contribution in [2.24, 2.45) is 16.7 Å². The molecule has 0 radical (unpaired) electrons. The van der Waals surface area contributed by atoms with Crippen LogP contribution in [0.3, 0.4) is 0 Å². The molecule has 0 saturated carbocycles. The number of phenols is 1. The lowest BCUT2D eigenvalue weighted by atomic mass is 9.83. The van der Waals surface area contributed by atoms with E-state index in [-0.39, 0.29) is 49.6 Å². The van der Waals surface area contributed by atoms with Crippen LogP contribution in [0.1, 0.15) is 77.0 Å². The number of hydrogen-bond donors (Lipinski definition) is 3. The summed E-state index contributed by atoms with van der Waals surface area (Å²) < 4.78 is 14.0. The molecule has 14 nitrogen and oxygen atoms in total. The molecule has 6 bridgehead atoms. The van der Waals surface area contributed by atoms with Crippen molar-refractivity contribution in [3.63, 3.8) is 0 Å². The Hall–Kier alpha value is -5.99. The fourth-order valence-electron chi connectivity index (χ4n) is 10.9. The highest BCUT2D eigenvalue weighted by Gasteiger charge is 2.54. The summed E-state index contributed by atoms with van der Waals surface area (Å²) in [5.41, 5.74) is 9.63. The van der Waals surface area contributed by atoms with Crippen molar-refractivity contribution in [2.45, 2.75) is 104 Å². The molecule has 356 valence electrons. The number of carbonyl (C=O) groups excluding carboxylic acids is 5. The van der Waals surface area contributed by atoms with Crippen molar-refractivity contribution >= 4 is 40.5 Å². The maximum Gasteiger partial charge on any atom is 0.324 e. The lowest BCUT2D eigenvalue weighted by Gasteiger charge is -2.37. The summed E-state index contributed by atoms with van der Waals surface area (Å²) in [6.07, 6.45) is 4.57. The number of nitrogens with zero attached hydrogens (tertiary/aromatic N) is 4. The van der Waals surface area contributed by atoms with Crippen LogP contribution in [0.4, 0.5) is 0 Å². The molecule has 4 amide bonds. The van der Waals surface area contributed by atoms with E-state index in [0.717, 1.165) is 45.3 Å². The van der Waals surface area contributed by atoms with Gasteiger partial charge in [-0.05, 0) is 110 Å². The number of rotatable bonds is 10. The molecular weight excluding hydrogens is 849 g/mol. The monoisotopic (exact) mass is 914 g/mol. The summed E-state index contributed by atoms with van der Waals surface area (Å²) in [4.78, 5) is 73.5. The van der Waals surface area contributed by atoms with Gasteiger partial charge in [-0.2, -0.15) is 0 Å². The number of carbonyl (C=O) groups is 5. The number of fused-ring (bicyclic) bond motifs is 6. The summed E-state index contributed by atoms with van der Waals surface area (Å²) >= 11 is 0. The maximum atomic E-state index is 14.8. The number of hydrogen-bond acceptors (Lipinski definition) is 9. The minimum Gasteiger partial charge on any atom is -0.508 e. The third-order valence-corrected chi connectivity index (χ3v) is 14.3. The zero-order valence-electron chi connectivity index (χ0n) is 39.9. The number of esters is 1. The van der Waals surface area contributed by atoms with E-state index in [1.165, 1.54) is 16.6 Å². The van der Waals surface area contributed by atoms with E-state index in [0.29, 0.717) is 63.9 Å². The molecule has 5 heterocycles. The highest BCUT2D eigenvalue weighted by atomic mass is 16.5. The Morgan fingerprint density at radius 2 is 1.81 bits per heavy atom. The first-order chi connectivity index (χ1) is 32.1. The van der Waals surface area contributed by atoms with Gasteiger partial charge in [0, 0.05) is 68.1 Å². The van der Waals surface area contributed by atoms with Crippen molar-refractivity contribution in [3.05, 3.63) is 90.0 Å². The molecule has 0 aliphatic carbocycles. The molecule has 4 aliphatic rings. The number of nitrogens with one attached hydrogen (secondary N) is 2. The molecule has 3 saturated heterocycles. The molecule has 67 heavy (non-hydrogen) atoms. The van der Waals surface area contributed by atoms with Crippen LogP contribution in [0.2, 0.25) is 0 Å². The number of phenolic OH excluding ortho intramolecular Hbond substituents is 1. The number of methoxy groups -OCH3 is 1. The Bertz CT molecular complexity index is 2580. The first-order valence-electron chi connectivity index (χ1n) is 23.9. The number of aromatic hydroxyl groups is 1. The molecule has 4 atom stereocenters. The summed E-state index contributed by atoms with van der Waals surface area (Å²) in [5, 5.41) is 16.9. The topological polar surface area (TPSA) is 163 Å². The van der Waals surface area contributed by atoms with Gasteiger partial charge in [0.1, 0.15) is 23.9 Å². The van der Waals surface area contributed by atoms with Crippen LogP contribution < -0.4 is 10.7 Å². The van der Waals surface area contributed by atoms with Gasteiger partial charge in [-0.1, -0.05) is 70.7 Å². The van der Waals surface area contributed by atoms with Crippen LogP contribution >= 0.6 is 0 Å². The number of aryl methyl sites for hydroxylation is 1. The van der Waals surface area contributed by atoms with Crippen LogP contribution in [0, 0.1) is 16.7 Å². The van der Waals surface area contributed by atoms with Crippen molar-refractivity contribution in [1.29, 1.82) is 0 Å². The smallest absolute Gasteiger partial charge is 0.324 e. The Morgan fingerprint density at radius 1 is 1.03 bits per heavy atom. The summed E-state index contributed by atoms with van der Waals surface area (Å²) in [5.74, 6) is -2.10. The van der Waals surface area contributed by atoms with Gasteiger partial charge in [-0.15, -0.1) is 0 Å². The van der Waals surface area contributed by atoms with E-state index >= 15 is 0 Å². The highest BCUT2D eigenvalue weighted by Crippen LogP contribution is 2.44. The molecule has 14 heteroatoms. The molecule has 3 fully saturated rings. The number of likely N-dealkylation sites (tertiary alicyclic amines) is 2. The van der Waals surface area contributed by atoms with Gasteiger partial charge in [0.25, 0.3) is 5.91 Å². The Balaban J connectivity index is 1.19. The van der Waals surface area contributed by atoms with Gasteiger partial charge in [0.2, 0.25) is 17.7 Å².